The van der Waals surface area contributed by atoms with Crippen molar-refractivity contribution >= 4 is 22.9 Å². The van der Waals surface area contributed by atoms with Gasteiger partial charge in [-0.2, -0.15) is 0 Å². The molecule has 0 saturated heterocycles. The van der Waals surface area contributed by atoms with Crippen molar-refractivity contribution in [3.05, 3.63) is 125 Å². The molecule has 4 aromatic rings. The number of thioether (sulfide) groups is 1. The van der Waals surface area contributed by atoms with Crippen LogP contribution >= 0.6 is 11.8 Å². The van der Waals surface area contributed by atoms with E-state index in [4.69, 9.17) is 9.47 Å². The summed E-state index contributed by atoms with van der Waals surface area (Å²) in [5, 5.41) is 0. The number of ether oxygens (including phenoxy) is 2. The molecule has 0 aliphatic carbocycles. The quantitative estimate of drug-likeness (QED) is 0.186. The topological polar surface area (TPSA) is 18.5 Å². The van der Waals surface area contributed by atoms with E-state index >= 15 is 0 Å². The zero-order chi connectivity index (χ0) is 24.8. The minimum Gasteiger partial charge on any atom is -0.497 e. The Morgan fingerprint density at radius 2 is 1.06 bits per heavy atom. The van der Waals surface area contributed by atoms with E-state index in [2.05, 4.69) is 92.9 Å². The van der Waals surface area contributed by atoms with Crippen molar-refractivity contribution < 1.29 is 9.47 Å². The summed E-state index contributed by atoms with van der Waals surface area (Å²) in [5.41, 5.74) is 8.44. The molecule has 0 aliphatic rings. The fraction of sp³-hybridized carbons (Fsp3) is 0.188. The average Bonchev–Trinajstić information content (AvgIpc) is 2.92. The number of methoxy groups -OCH3 is 2. The van der Waals surface area contributed by atoms with Crippen LogP contribution in [0.2, 0.25) is 0 Å². The second-order valence-electron chi connectivity index (χ2n) is 8.68. The summed E-state index contributed by atoms with van der Waals surface area (Å²) < 4.78 is 10.9. The molecule has 0 N–H and O–H groups in total. The van der Waals surface area contributed by atoms with E-state index in [-0.39, 0.29) is 0 Å². The predicted molar refractivity (Wildman–Crippen MR) is 150 cm³/mol. The minimum absolute atomic E-state index is 0.385. The summed E-state index contributed by atoms with van der Waals surface area (Å²) in [6.07, 6.45) is 2.11. The molecule has 2 nitrogen and oxygen atoms in total. The third kappa shape index (κ3) is 5.47. The molecule has 0 spiro atoms. The maximum atomic E-state index is 5.47. The van der Waals surface area contributed by atoms with E-state index in [1.54, 1.807) is 26.0 Å². The molecule has 0 aromatic heterocycles. The summed E-state index contributed by atoms with van der Waals surface area (Å²) in [6.45, 7) is 4.51. The Morgan fingerprint density at radius 3 is 1.51 bits per heavy atom. The van der Waals surface area contributed by atoms with Crippen LogP contribution in [-0.2, 0) is 0 Å². The van der Waals surface area contributed by atoms with Crippen LogP contribution in [0.4, 0.5) is 0 Å². The summed E-state index contributed by atoms with van der Waals surface area (Å²) in [6, 6.07) is 34.4. The summed E-state index contributed by atoms with van der Waals surface area (Å²) in [7, 11) is 3.41. The molecule has 0 heterocycles. The first-order valence-corrected chi connectivity index (χ1v) is 13.0. The molecule has 35 heavy (non-hydrogen) atoms. The van der Waals surface area contributed by atoms with E-state index in [0.29, 0.717) is 5.92 Å². The van der Waals surface area contributed by atoms with Crippen LogP contribution in [0.5, 0.6) is 11.5 Å². The van der Waals surface area contributed by atoms with Crippen LogP contribution < -0.4 is 9.47 Å². The largest absolute Gasteiger partial charge is 0.497 e. The molecule has 178 valence electrons. The molecule has 4 aromatic carbocycles. The van der Waals surface area contributed by atoms with Gasteiger partial charge < -0.3 is 9.47 Å². The van der Waals surface area contributed by atoms with E-state index in [1.807, 2.05) is 24.3 Å². The standard InChI is InChI=1S/C32H32O2S/c1-22(2)29-8-6-7-9-30(29)32(25-12-18-27(34-4)19-13-25)31(23-10-16-26(33-3)17-11-23)24-14-20-28(35-5)21-15-24/h6-22H,1-5H3/b32-31+. The van der Waals surface area contributed by atoms with Gasteiger partial charge in [0.25, 0.3) is 0 Å². The van der Waals surface area contributed by atoms with Crippen molar-refractivity contribution in [1.29, 1.82) is 0 Å². The van der Waals surface area contributed by atoms with Crippen LogP contribution in [-0.4, -0.2) is 20.5 Å². The highest BCUT2D eigenvalue weighted by Gasteiger charge is 2.20. The predicted octanol–water partition coefficient (Wildman–Crippen LogP) is 8.56. The molecular formula is C32H32O2S. The molecule has 0 atom stereocenters. The lowest BCUT2D eigenvalue weighted by atomic mass is 9.82. The number of hydrogen-bond donors (Lipinski definition) is 0. The molecule has 0 bridgehead atoms. The third-order valence-electron chi connectivity index (χ3n) is 6.24. The lowest BCUT2D eigenvalue weighted by Crippen LogP contribution is -2.02. The highest BCUT2D eigenvalue weighted by atomic mass is 32.2. The summed E-state index contributed by atoms with van der Waals surface area (Å²) >= 11 is 1.76. The minimum atomic E-state index is 0.385. The Kier molecular flexibility index (Phi) is 7.99. The molecule has 3 heteroatoms. The van der Waals surface area contributed by atoms with Crippen LogP contribution in [0, 0.1) is 0 Å². The van der Waals surface area contributed by atoms with Gasteiger partial charge in [-0.15, -0.1) is 11.8 Å². The first kappa shape index (κ1) is 24.7. The van der Waals surface area contributed by atoms with Crippen LogP contribution in [0.15, 0.2) is 102 Å². The second kappa shape index (κ2) is 11.3. The molecule has 0 unspecified atom stereocenters. The van der Waals surface area contributed by atoms with Gasteiger partial charge in [-0.3, -0.25) is 0 Å². The highest BCUT2D eigenvalue weighted by Crippen LogP contribution is 2.40. The van der Waals surface area contributed by atoms with Gasteiger partial charge in [-0.05, 0) is 87.5 Å². The monoisotopic (exact) mass is 480 g/mol. The molecular weight excluding hydrogens is 448 g/mol. The van der Waals surface area contributed by atoms with Gasteiger partial charge >= 0.3 is 0 Å². The Balaban J connectivity index is 2.10. The molecule has 4 rings (SSSR count). The Labute approximate surface area is 213 Å². The van der Waals surface area contributed by atoms with Gasteiger partial charge in [0.05, 0.1) is 14.2 Å². The van der Waals surface area contributed by atoms with Gasteiger partial charge in [0, 0.05) is 4.90 Å². The Hall–Kier alpha value is -3.43. The second-order valence-corrected chi connectivity index (χ2v) is 9.56. The van der Waals surface area contributed by atoms with Gasteiger partial charge in [0.1, 0.15) is 11.5 Å². The van der Waals surface area contributed by atoms with E-state index < -0.39 is 0 Å². The average molecular weight is 481 g/mol. The zero-order valence-corrected chi connectivity index (χ0v) is 21.9. The molecule has 0 aliphatic heterocycles. The lowest BCUT2D eigenvalue weighted by molar-refractivity contribution is 0.414. The Morgan fingerprint density at radius 1 is 0.600 bits per heavy atom. The van der Waals surface area contributed by atoms with Crippen molar-refractivity contribution in [2.45, 2.75) is 24.7 Å². The maximum Gasteiger partial charge on any atom is 0.118 e. The van der Waals surface area contributed by atoms with E-state index in [1.165, 1.54) is 32.7 Å². The zero-order valence-electron chi connectivity index (χ0n) is 21.0. The SMILES string of the molecule is COc1ccc(/C(=C(/c2ccc(OC)cc2)c2ccccc2C(C)C)c2ccc(SC)cc2)cc1. The van der Waals surface area contributed by atoms with Gasteiger partial charge in [0.15, 0.2) is 0 Å². The first-order chi connectivity index (χ1) is 17.0. The van der Waals surface area contributed by atoms with Crippen molar-refractivity contribution in [2.75, 3.05) is 20.5 Å². The van der Waals surface area contributed by atoms with E-state index in [9.17, 15) is 0 Å². The fourth-order valence-corrected chi connectivity index (χ4v) is 4.80. The summed E-state index contributed by atoms with van der Waals surface area (Å²) in [4.78, 5) is 1.25. The van der Waals surface area contributed by atoms with Crippen molar-refractivity contribution in [1.82, 2.24) is 0 Å². The lowest BCUT2D eigenvalue weighted by Gasteiger charge is -2.22. The number of rotatable bonds is 8. The fourth-order valence-electron chi connectivity index (χ4n) is 4.39. The van der Waals surface area contributed by atoms with Crippen molar-refractivity contribution in [3.63, 3.8) is 0 Å². The maximum absolute atomic E-state index is 5.47. The smallest absolute Gasteiger partial charge is 0.118 e. The normalized spacial score (nSPS) is 11.8. The van der Waals surface area contributed by atoms with Crippen LogP contribution in [0.25, 0.3) is 11.1 Å². The van der Waals surface area contributed by atoms with Gasteiger partial charge in [0.2, 0.25) is 0 Å². The van der Waals surface area contributed by atoms with Crippen LogP contribution in [0.1, 0.15) is 47.6 Å². The van der Waals surface area contributed by atoms with Crippen molar-refractivity contribution in [3.8, 4) is 11.5 Å². The highest BCUT2D eigenvalue weighted by molar-refractivity contribution is 7.98. The third-order valence-corrected chi connectivity index (χ3v) is 6.98. The number of hydrogen-bond acceptors (Lipinski definition) is 3. The number of benzene rings is 4. The van der Waals surface area contributed by atoms with Gasteiger partial charge in [-0.25, -0.2) is 0 Å². The molecule has 0 radical (unpaired) electrons. The molecule has 0 fully saturated rings. The Bertz CT molecular complexity index is 1240. The first-order valence-electron chi connectivity index (χ1n) is 11.8. The van der Waals surface area contributed by atoms with Gasteiger partial charge in [-0.1, -0.05) is 74.5 Å². The van der Waals surface area contributed by atoms with Crippen LogP contribution in [0.3, 0.4) is 0 Å². The molecule has 0 saturated carbocycles. The van der Waals surface area contributed by atoms with E-state index in [0.717, 1.165) is 22.6 Å². The summed E-state index contributed by atoms with van der Waals surface area (Å²) in [5.74, 6) is 2.08. The molecule has 0 amide bonds. The van der Waals surface area contributed by atoms with Crippen molar-refractivity contribution in [2.24, 2.45) is 0 Å².